The van der Waals surface area contributed by atoms with E-state index in [-0.39, 0.29) is 22.3 Å². The highest BCUT2D eigenvalue weighted by Crippen LogP contribution is 2.29. The largest absolute Gasteiger partial charge is 0.573 e. The Kier molecular flexibility index (Phi) is 3.19. The molecular formula is C13H6F5N3O. The van der Waals surface area contributed by atoms with Crippen LogP contribution in [0, 0.1) is 11.6 Å². The van der Waals surface area contributed by atoms with Crippen molar-refractivity contribution in [1.82, 2.24) is 15.2 Å². The Morgan fingerprint density at radius 3 is 2.50 bits per heavy atom. The lowest BCUT2D eigenvalue weighted by Crippen LogP contribution is -2.17. The first-order valence-corrected chi connectivity index (χ1v) is 5.89. The van der Waals surface area contributed by atoms with Crippen LogP contribution in [0.25, 0.3) is 22.3 Å². The van der Waals surface area contributed by atoms with Gasteiger partial charge < -0.3 is 4.74 Å². The summed E-state index contributed by atoms with van der Waals surface area (Å²) in [6.45, 7) is 0. The van der Waals surface area contributed by atoms with Gasteiger partial charge in [-0.15, -0.1) is 13.2 Å². The van der Waals surface area contributed by atoms with Crippen LogP contribution in [0.1, 0.15) is 0 Å². The van der Waals surface area contributed by atoms with Crippen LogP contribution >= 0.6 is 0 Å². The zero-order chi connectivity index (χ0) is 15.9. The summed E-state index contributed by atoms with van der Waals surface area (Å²) in [5.74, 6) is -2.59. The summed E-state index contributed by atoms with van der Waals surface area (Å²) in [6.07, 6.45) is -3.97. The fourth-order valence-corrected chi connectivity index (χ4v) is 1.92. The summed E-state index contributed by atoms with van der Waals surface area (Å²) in [5, 5.41) is 6.33. The van der Waals surface area contributed by atoms with Gasteiger partial charge in [-0.3, -0.25) is 5.10 Å². The van der Waals surface area contributed by atoms with E-state index in [9.17, 15) is 22.0 Å². The monoisotopic (exact) mass is 315 g/mol. The molecule has 0 amide bonds. The van der Waals surface area contributed by atoms with Crippen LogP contribution < -0.4 is 4.74 Å². The van der Waals surface area contributed by atoms with E-state index in [1.54, 1.807) is 0 Å². The van der Waals surface area contributed by atoms with Gasteiger partial charge in [0.25, 0.3) is 0 Å². The molecule has 4 nitrogen and oxygen atoms in total. The summed E-state index contributed by atoms with van der Waals surface area (Å²) in [5.41, 5.74) is 0.802. The minimum atomic E-state index is -4.84. The molecule has 0 saturated heterocycles. The average molecular weight is 315 g/mol. The second-order valence-corrected chi connectivity index (χ2v) is 4.32. The molecule has 0 atom stereocenters. The normalized spacial score (nSPS) is 11.9. The molecule has 0 unspecified atom stereocenters. The number of aromatic nitrogens is 3. The molecule has 9 heteroatoms. The first kappa shape index (κ1) is 14.2. The summed E-state index contributed by atoms with van der Waals surface area (Å²) < 4.78 is 66.3. The molecule has 3 aromatic rings. The number of alkyl halides is 3. The van der Waals surface area contributed by atoms with E-state index >= 15 is 0 Å². The molecule has 22 heavy (non-hydrogen) atoms. The topological polar surface area (TPSA) is 50.8 Å². The van der Waals surface area contributed by atoms with Gasteiger partial charge in [0, 0.05) is 11.6 Å². The van der Waals surface area contributed by atoms with Gasteiger partial charge in [-0.25, -0.2) is 13.8 Å². The second kappa shape index (κ2) is 4.93. The Morgan fingerprint density at radius 1 is 1.05 bits per heavy atom. The van der Waals surface area contributed by atoms with Crippen LogP contribution in [-0.4, -0.2) is 21.5 Å². The van der Waals surface area contributed by atoms with Crippen molar-refractivity contribution in [3.63, 3.8) is 0 Å². The Bertz CT molecular complexity index is 843. The summed E-state index contributed by atoms with van der Waals surface area (Å²) >= 11 is 0. The molecule has 0 aliphatic heterocycles. The summed E-state index contributed by atoms with van der Waals surface area (Å²) in [7, 11) is 0. The van der Waals surface area contributed by atoms with E-state index in [1.807, 2.05) is 0 Å². The number of pyridine rings is 1. The quantitative estimate of drug-likeness (QED) is 0.732. The number of benzene rings is 1. The first-order chi connectivity index (χ1) is 10.3. The Labute approximate surface area is 119 Å². The van der Waals surface area contributed by atoms with Gasteiger partial charge in [-0.1, -0.05) is 0 Å². The Balaban J connectivity index is 2.04. The predicted octanol–water partition coefficient (Wildman–Crippen LogP) is 3.80. The number of fused-ring (bicyclic) bond motifs is 1. The maximum atomic E-state index is 13.2. The third-order valence-corrected chi connectivity index (χ3v) is 2.80. The third-order valence-electron chi connectivity index (χ3n) is 2.80. The van der Waals surface area contributed by atoms with Gasteiger partial charge in [0.05, 0.1) is 11.7 Å². The zero-order valence-electron chi connectivity index (χ0n) is 10.6. The fraction of sp³-hybridized carbons (Fsp3) is 0.0769. The van der Waals surface area contributed by atoms with E-state index in [1.165, 1.54) is 6.07 Å². The van der Waals surface area contributed by atoms with Gasteiger partial charge in [0.2, 0.25) is 0 Å². The maximum absolute atomic E-state index is 13.2. The van der Waals surface area contributed by atoms with Crippen LogP contribution in [0.15, 0.2) is 30.5 Å². The number of nitrogens with one attached hydrogen (secondary N) is 1. The van der Waals surface area contributed by atoms with Gasteiger partial charge >= 0.3 is 6.36 Å². The van der Waals surface area contributed by atoms with Gasteiger partial charge in [-0.05, 0) is 18.2 Å². The number of H-pyrrole nitrogens is 1. The standard InChI is InChI=1S/C13H6F5N3O/c14-8-2-1-6(3-9(8)15)11-12-10(20-21-11)4-7(5-19-12)22-13(16,17)18/h1-5H,(H,20,21). The van der Waals surface area contributed by atoms with Crippen molar-refractivity contribution in [2.24, 2.45) is 0 Å². The smallest absolute Gasteiger partial charge is 0.404 e. The van der Waals surface area contributed by atoms with Gasteiger partial charge in [-0.2, -0.15) is 5.10 Å². The number of hydrogen-bond acceptors (Lipinski definition) is 3. The maximum Gasteiger partial charge on any atom is 0.573 e. The lowest BCUT2D eigenvalue weighted by molar-refractivity contribution is -0.274. The molecular weight excluding hydrogens is 309 g/mol. The van der Waals surface area contributed by atoms with Crippen LogP contribution in [0.5, 0.6) is 5.75 Å². The minimum Gasteiger partial charge on any atom is -0.404 e. The Hall–Kier alpha value is -2.71. The molecule has 1 N–H and O–H groups in total. The van der Waals surface area contributed by atoms with Crippen molar-refractivity contribution in [2.45, 2.75) is 6.36 Å². The molecule has 0 aliphatic rings. The molecule has 0 radical (unpaired) electrons. The molecule has 114 valence electrons. The van der Waals surface area contributed by atoms with Crippen molar-refractivity contribution in [3.05, 3.63) is 42.1 Å². The molecule has 0 saturated carbocycles. The van der Waals surface area contributed by atoms with Gasteiger partial charge in [0.15, 0.2) is 11.6 Å². The van der Waals surface area contributed by atoms with Gasteiger partial charge in [0.1, 0.15) is 17.0 Å². The molecule has 0 fully saturated rings. The number of ether oxygens (including phenoxy) is 1. The predicted molar refractivity (Wildman–Crippen MR) is 65.9 cm³/mol. The highest BCUT2D eigenvalue weighted by molar-refractivity contribution is 5.89. The number of halogens is 5. The zero-order valence-corrected chi connectivity index (χ0v) is 10.6. The van der Waals surface area contributed by atoms with E-state index in [2.05, 4.69) is 19.9 Å². The second-order valence-electron chi connectivity index (χ2n) is 4.32. The first-order valence-electron chi connectivity index (χ1n) is 5.89. The molecule has 2 aromatic heterocycles. The number of aromatic amines is 1. The van der Waals surface area contributed by atoms with Crippen LogP contribution in [0.2, 0.25) is 0 Å². The lowest BCUT2D eigenvalue weighted by Gasteiger charge is -2.07. The van der Waals surface area contributed by atoms with Crippen LogP contribution in [-0.2, 0) is 0 Å². The number of hydrogen-bond donors (Lipinski definition) is 1. The number of nitrogens with zero attached hydrogens (tertiary/aromatic N) is 2. The van der Waals surface area contributed by atoms with Crippen molar-refractivity contribution in [3.8, 4) is 17.0 Å². The SMILES string of the molecule is Fc1ccc(-c2n[nH]c3cc(OC(F)(F)F)cnc23)cc1F. The summed E-state index contributed by atoms with van der Waals surface area (Å²) in [6, 6.07) is 4.20. The number of rotatable bonds is 2. The van der Waals surface area contributed by atoms with Crippen molar-refractivity contribution >= 4 is 11.0 Å². The highest BCUT2D eigenvalue weighted by atomic mass is 19.4. The van der Waals surface area contributed by atoms with Crippen LogP contribution in [0.3, 0.4) is 0 Å². The molecule has 0 spiro atoms. The van der Waals surface area contributed by atoms with Crippen molar-refractivity contribution in [1.29, 1.82) is 0 Å². The highest BCUT2D eigenvalue weighted by Gasteiger charge is 2.31. The average Bonchev–Trinajstić information content (AvgIpc) is 2.83. The molecule has 1 aromatic carbocycles. The molecule has 0 aliphatic carbocycles. The van der Waals surface area contributed by atoms with Crippen molar-refractivity contribution in [2.75, 3.05) is 0 Å². The third kappa shape index (κ3) is 2.69. The molecule has 0 bridgehead atoms. The molecule has 2 heterocycles. The van der Waals surface area contributed by atoms with Crippen molar-refractivity contribution < 1.29 is 26.7 Å². The molecule has 3 rings (SSSR count). The van der Waals surface area contributed by atoms with E-state index in [0.717, 1.165) is 24.4 Å². The minimum absolute atomic E-state index is 0.168. The van der Waals surface area contributed by atoms with E-state index in [4.69, 9.17) is 0 Å². The lowest BCUT2D eigenvalue weighted by atomic mass is 10.1. The summed E-state index contributed by atoms with van der Waals surface area (Å²) in [4.78, 5) is 3.82. The fourth-order valence-electron chi connectivity index (χ4n) is 1.92. The Morgan fingerprint density at radius 2 is 1.82 bits per heavy atom. The van der Waals surface area contributed by atoms with E-state index < -0.39 is 23.7 Å². The van der Waals surface area contributed by atoms with Crippen LogP contribution in [0.4, 0.5) is 22.0 Å². The van der Waals surface area contributed by atoms with E-state index in [0.29, 0.717) is 0 Å².